The summed E-state index contributed by atoms with van der Waals surface area (Å²) < 4.78 is 11.0. The Kier molecular flexibility index (Phi) is 3.84. The summed E-state index contributed by atoms with van der Waals surface area (Å²) in [4.78, 5) is 2.30. The number of hydrogen-bond donors (Lipinski definition) is 0. The van der Waals surface area contributed by atoms with Crippen LogP contribution in [0.3, 0.4) is 0 Å². The molecule has 0 aliphatic carbocycles. The molecule has 5 nitrogen and oxygen atoms in total. The Balaban J connectivity index is 1.62. The maximum Gasteiger partial charge on any atom is 0.195 e. The van der Waals surface area contributed by atoms with E-state index < -0.39 is 0 Å². The molecule has 1 aliphatic heterocycles. The van der Waals surface area contributed by atoms with Gasteiger partial charge in [-0.1, -0.05) is 12.1 Å². The SMILES string of the molecule is COc1ccc(C2CCCN(c3nncc4ccoc34)C2)cc1C. The number of furan rings is 1. The Hall–Kier alpha value is -2.56. The van der Waals surface area contributed by atoms with Crippen LogP contribution >= 0.6 is 0 Å². The van der Waals surface area contributed by atoms with Crippen molar-refractivity contribution in [2.45, 2.75) is 25.7 Å². The summed E-state index contributed by atoms with van der Waals surface area (Å²) in [6.07, 6.45) is 5.76. The van der Waals surface area contributed by atoms with Crippen molar-refractivity contribution in [2.75, 3.05) is 25.1 Å². The molecule has 3 heterocycles. The van der Waals surface area contributed by atoms with E-state index in [1.807, 2.05) is 6.07 Å². The van der Waals surface area contributed by atoms with E-state index in [-0.39, 0.29) is 0 Å². The summed E-state index contributed by atoms with van der Waals surface area (Å²) in [5.74, 6) is 2.28. The van der Waals surface area contributed by atoms with Crippen molar-refractivity contribution in [1.82, 2.24) is 10.2 Å². The van der Waals surface area contributed by atoms with Crippen LogP contribution in [0.5, 0.6) is 5.75 Å². The quantitative estimate of drug-likeness (QED) is 0.731. The van der Waals surface area contributed by atoms with Gasteiger partial charge in [-0.3, -0.25) is 0 Å². The topological polar surface area (TPSA) is 51.4 Å². The molecule has 1 aromatic carbocycles. The molecule has 5 heteroatoms. The van der Waals surface area contributed by atoms with Crippen LogP contribution in [0.1, 0.15) is 29.9 Å². The van der Waals surface area contributed by atoms with Gasteiger partial charge in [0.2, 0.25) is 0 Å². The van der Waals surface area contributed by atoms with Crippen LogP contribution in [0.4, 0.5) is 5.82 Å². The molecule has 124 valence electrons. The number of anilines is 1. The molecule has 1 aliphatic rings. The minimum Gasteiger partial charge on any atom is -0.496 e. The molecule has 0 saturated carbocycles. The first-order chi connectivity index (χ1) is 11.8. The number of fused-ring (bicyclic) bond motifs is 1. The number of ether oxygens (including phenoxy) is 1. The molecule has 1 unspecified atom stereocenters. The lowest BCUT2D eigenvalue weighted by Crippen LogP contribution is -2.35. The lowest BCUT2D eigenvalue weighted by atomic mass is 9.89. The van der Waals surface area contributed by atoms with E-state index in [0.29, 0.717) is 5.92 Å². The van der Waals surface area contributed by atoms with Crippen LogP contribution in [0.2, 0.25) is 0 Å². The number of methoxy groups -OCH3 is 1. The zero-order valence-corrected chi connectivity index (χ0v) is 14.0. The zero-order valence-electron chi connectivity index (χ0n) is 14.0. The molecule has 4 rings (SSSR count). The predicted molar refractivity (Wildman–Crippen MR) is 93.7 cm³/mol. The van der Waals surface area contributed by atoms with Crippen LogP contribution in [-0.2, 0) is 0 Å². The van der Waals surface area contributed by atoms with Crippen LogP contribution in [-0.4, -0.2) is 30.4 Å². The fraction of sp³-hybridized carbons (Fsp3) is 0.368. The molecule has 1 saturated heterocycles. The van der Waals surface area contributed by atoms with Crippen molar-refractivity contribution >= 4 is 16.8 Å². The summed E-state index contributed by atoms with van der Waals surface area (Å²) in [6.45, 7) is 4.01. The van der Waals surface area contributed by atoms with Crippen molar-refractivity contribution in [3.8, 4) is 5.75 Å². The van der Waals surface area contributed by atoms with Crippen molar-refractivity contribution < 1.29 is 9.15 Å². The number of hydrogen-bond acceptors (Lipinski definition) is 5. The van der Waals surface area contributed by atoms with Gasteiger partial charge in [0.1, 0.15) is 5.75 Å². The molecular weight excluding hydrogens is 302 g/mol. The largest absolute Gasteiger partial charge is 0.496 e. The van der Waals surface area contributed by atoms with Crippen molar-refractivity contribution in [3.63, 3.8) is 0 Å². The third-order valence-corrected chi connectivity index (χ3v) is 4.86. The van der Waals surface area contributed by atoms with E-state index in [1.165, 1.54) is 17.5 Å². The van der Waals surface area contributed by atoms with E-state index in [2.05, 4.69) is 40.2 Å². The lowest BCUT2D eigenvalue weighted by Gasteiger charge is -2.33. The number of rotatable bonds is 3. The minimum absolute atomic E-state index is 0.482. The Morgan fingerprint density at radius 1 is 1.29 bits per heavy atom. The number of benzene rings is 1. The molecule has 24 heavy (non-hydrogen) atoms. The predicted octanol–water partition coefficient (Wildman–Crippen LogP) is 3.92. The molecule has 2 aromatic heterocycles. The van der Waals surface area contributed by atoms with Crippen molar-refractivity contribution in [3.05, 3.63) is 47.9 Å². The molecule has 3 aromatic rings. The molecule has 0 amide bonds. The normalized spacial score (nSPS) is 18.1. The van der Waals surface area contributed by atoms with E-state index in [0.717, 1.165) is 42.0 Å². The maximum absolute atomic E-state index is 5.63. The van der Waals surface area contributed by atoms with Crippen LogP contribution in [0.15, 0.2) is 41.1 Å². The summed E-state index contributed by atoms with van der Waals surface area (Å²) in [5, 5.41) is 9.47. The van der Waals surface area contributed by atoms with E-state index >= 15 is 0 Å². The minimum atomic E-state index is 0.482. The zero-order chi connectivity index (χ0) is 16.5. The second kappa shape index (κ2) is 6.15. The second-order valence-corrected chi connectivity index (χ2v) is 6.39. The van der Waals surface area contributed by atoms with Gasteiger partial charge in [-0.15, -0.1) is 5.10 Å². The Bertz CT molecular complexity index is 859. The van der Waals surface area contributed by atoms with Gasteiger partial charge in [-0.25, -0.2) is 0 Å². The van der Waals surface area contributed by atoms with Gasteiger partial charge in [0, 0.05) is 24.4 Å². The molecular formula is C19H21N3O2. The third kappa shape index (κ3) is 2.60. The summed E-state index contributed by atoms with van der Waals surface area (Å²) >= 11 is 0. The molecule has 1 fully saturated rings. The van der Waals surface area contributed by atoms with Gasteiger partial charge in [-0.05, 0) is 43.0 Å². The van der Waals surface area contributed by atoms with Gasteiger partial charge in [-0.2, -0.15) is 5.10 Å². The molecule has 0 N–H and O–H groups in total. The molecule has 0 spiro atoms. The smallest absolute Gasteiger partial charge is 0.195 e. The van der Waals surface area contributed by atoms with Gasteiger partial charge < -0.3 is 14.1 Å². The average Bonchev–Trinajstić information content (AvgIpc) is 3.10. The monoisotopic (exact) mass is 323 g/mol. The van der Waals surface area contributed by atoms with E-state index in [9.17, 15) is 0 Å². The number of nitrogens with zero attached hydrogens (tertiary/aromatic N) is 3. The van der Waals surface area contributed by atoms with Crippen LogP contribution in [0.25, 0.3) is 11.0 Å². The van der Waals surface area contributed by atoms with Crippen molar-refractivity contribution in [2.24, 2.45) is 0 Å². The molecule has 0 radical (unpaired) electrons. The van der Waals surface area contributed by atoms with Gasteiger partial charge in [0.15, 0.2) is 11.4 Å². The highest BCUT2D eigenvalue weighted by molar-refractivity contribution is 5.86. The average molecular weight is 323 g/mol. The van der Waals surface area contributed by atoms with Crippen molar-refractivity contribution in [1.29, 1.82) is 0 Å². The van der Waals surface area contributed by atoms with Crippen LogP contribution < -0.4 is 9.64 Å². The Labute approximate surface area is 141 Å². The van der Waals surface area contributed by atoms with Gasteiger partial charge >= 0.3 is 0 Å². The standard InChI is InChI=1S/C19H21N3O2/c1-13-10-14(5-6-17(13)23-2)16-4-3-8-22(12-16)19-18-15(7-9-24-18)11-20-21-19/h5-7,9-11,16H,3-4,8,12H2,1-2H3. The fourth-order valence-corrected chi connectivity index (χ4v) is 3.60. The lowest BCUT2D eigenvalue weighted by molar-refractivity contribution is 0.411. The summed E-state index contributed by atoms with van der Waals surface area (Å²) in [5.41, 5.74) is 3.37. The maximum atomic E-state index is 5.63. The first-order valence-electron chi connectivity index (χ1n) is 8.34. The van der Waals surface area contributed by atoms with Crippen LogP contribution in [0, 0.1) is 6.92 Å². The van der Waals surface area contributed by atoms with Gasteiger partial charge in [0.05, 0.1) is 19.6 Å². The summed E-state index contributed by atoms with van der Waals surface area (Å²) in [6, 6.07) is 8.42. The highest BCUT2D eigenvalue weighted by atomic mass is 16.5. The first kappa shape index (κ1) is 15.0. The highest BCUT2D eigenvalue weighted by Gasteiger charge is 2.25. The second-order valence-electron chi connectivity index (χ2n) is 6.39. The summed E-state index contributed by atoms with van der Waals surface area (Å²) in [7, 11) is 1.72. The number of aryl methyl sites for hydroxylation is 1. The molecule has 1 atom stereocenters. The highest BCUT2D eigenvalue weighted by Crippen LogP contribution is 2.33. The number of piperidine rings is 1. The van der Waals surface area contributed by atoms with E-state index in [4.69, 9.17) is 9.15 Å². The third-order valence-electron chi connectivity index (χ3n) is 4.86. The first-order valence-corrected chi connectivity index (χ1v) is 8.34. The Morgan fingerprint density at radius 3 is 3.04 bits per heavy atom. The molecule has 0 bridgehead atoms. The Morgan fingerprint density at radius 2 is 2.21 bits per heavy atom. The van der Waals surface area contributed by atoms with E-state index in [1.54, 1.807) is 19.6 Å². The number of aromatic nitrogens is 2. The fourth-order valence-electron chi connectivity index (χ4n) is 3.60. The van der Waals surface area contributed by atoms with Gasteiger partial charge in [0.25, 0.3) is 0 Å².